The number of aromatic nitrogens is 3. The molecule has 5 heterocycles. The number of guanidine groups is 1. The molecule has 708 valence electrons. The molecule has 2 aromatic heterocycles. The van der Waals surface area contributed by atoms with Crippen molar-refractivity contribution in [3.05, 3.63) is 120 Å². The molecule has 28 N–H and O–H groups in total. The number of urea groups is 1. The molecule has 0 radical (unpaired) electrons. The molecule has 0 saturated carbocycles. The standard InChI is InChI=1S/C85H121N23O20S2/c1-46(2)70(72(87)116)106-82(126)65-21-14-33-108(65)83(127)57(19-11-12-31-86)95-68(113)41-93-73(117)60(37-49-39-92-53-18-8-7-17-52(49)53)102-74(118)54(20-13-32-91-84(88)89)97-77(121)58(35-47-15-5-4-6-16-47)100-79(123)61(38-50-40-90-45-94-50)103-75(119)55(28-29-69(114)115)98-76(120)56(30-34-129-3)99-81(125)63(43-110)104-78(122)59(36-48-24-26-51(111)27-25-48)101-80(124)62(42-109)96-67(112)23-10-9-22-66-71-64(44-130-66)105-85(128)107-71/h4-8,15-18,24-27,39-40,45-46,54-66,70-71,92,109-111H,9-14,19-23,28-38,41-44,86H2,1-3H3,(H2,87,116)(H,90,94)(H,93,117)(H,95,113)(H,96,112)(H,97,121)(H,98,120)(H,99,125)(H,100,123)(H,101,124)(H,102,118)(H,103,119)(H,104,122)(H,106,126)(H,114,115)(H4,88,89,91)(H2,105,107,128)/t54-,55-,56-,57-,58-,59-,60-,61-,62-,63-,64-,65-,66-,70-,71-/m0/s1. The summed E-state index contributed by atoms with van der Waals surface area (Å²) in [5.74, 6) is -14.2. The van der Waals surface area contributed by atoms with Gasteiger partial charge in [0.05, 0.1) is 38.2 Å². The Morgan fingerprint density at radius 1 is 0.585 bits per heavy atom. The average Bonchev–Trinajstić information content (AvgIpc) is 1.63. The van der Waals surface area contributed by atoms with E-state index in [2.05, 4.69) is 94.7 Å². The number of carbonyl (C=O) groups is 16. The number of thioether (sulfide) groups is 2. The molecule has 16 amide bonds. The number of carboxylic acid groups (broad SMARTS) is 1. The lowest BCUT2D eigenvalue weighted by Crippen LogP contribution is -2.61. The number of primary amides is 1. The van der Waals surface area contributed by atoms with Crippen LogP contribution in [-0.4, -0.2) is 288 Å². The number of phenolic OH excluding ortho intramolecular Hbond substituents is 1. The monoisotopic (exact) mass is 1850 g/mol. The Kier molecular flexibility index (Phi) is 41.2. The van der Waals surface area contributed by atoms with Crippen LogP contribution in [0.15, 0.2) is 97.6 Å². The first-order valence-corrected chi connectivity index (χ1v) is 45.6. The quantitative estimate of drug-likeness (QED) is 0.00767. The summed E-state index contributed by atoms with van der Waals surface area (Å²) >= 11 is 2.94. The predicted octanol–water partition coefficient (Wildman–Crippen LogP) is -3.83. The number of nitrogens with one attached hydrogen (secondary N) is 18. The molecular formula is C85H121N23O20S2. The SMILES string of the molecule is CSCC[C@H](NC(=O)[C@H](CO)NC(=O)[C@H](Cc1ccc(O)cc1)NC(=O)[C@H](CO)NC(=O)CCCC[C@@H]1SC[C@@H]2NC(=O)N[C@@H]21)C(=O)N[C@@H](CCC(=O)O)C(=O)N[C@@H](Cc1cnc[nH]1)C(=O)N[C@@H](Cc1ccccc1)C(=O)N[C@@H](CCCNC(=N)N)C(=O)N[C@@H](Cc1c[nH]c2ccccc12)C(=O)NCC(=O)N[C@@H](CCCCN)C(=O)N1CCC[C@H]1C(=O)N[C@H](C(N)=O)C(C)C. The number of nitrogens with two attached hydrogens (primary N) is 3. The van der Waals surface area contributed by atoms with Gasteiger partial charge in [0, 0.05) is 91.6 Å². The highest BCUT2D eigenvalue weighted by molar-refractivity contribution is 8.00. The van der Waals surface area contributed by atoms with Crippen LogP contribution in [0.3, 0.4) is 0 Å². The lowest BCUT2D eigenvalue weighted by Gasteiger charge is -2.30. The third kappa shape index (κ3) is 32.2. The smallest absolute Gasteiger partial charge is 0.315 e. The van der Waals surface area contributed by atoms with E-state index in [1.54, 1.807) is 92.7 Å². The number of carbonyl (C=O) groups excluding carboxylic acids is 15. The highest BCUT2D eigenvalue weighted by atomic mass is 32.2. The van der Waals surface area contributed by atoms with E-state index in [9.17, 15) is 82.8 Å². The number of benzene rings is 3. The second kappa shape index (κ2) is 52.1. The molecule has 3 aromatic carbocycles. The van der Waals surface area contributed by atoms with Crippen molar-refractivity contribution < 1.29 is 97.1 Å². The van der Waals surface area contributed by atoms with Gasteiger partial charge in [0.2, 0.25) is 82.7 Å². The van der Waals surface area contributed by atoms with Crippen LogP contribution in [0.1, 0.15) is 126 Å². The molecule has 130 heavy (non-hydrogen) atoms. The number of fused-ring (bicyclic) bond motifs is 2. The summed E-state index contributed by atoms with van der Waals surface area (Å²) in [6.07, 6.45) is 6.21. The minimum atomic E-state index is -1.87. The van der Waals surface area contributed by atoms with Crippen molar-refractivity contribution in [2.24, 2.45) is 23.1 Å². The van der Waals surface area contributed by atoms with Gasteiger partial charge in [-0.2, -0.15) is 23.5 Å². The highest BCUT2D eigenvalue weighted by Gasteiger charge is 2.44. The number of aliphatic hydroxyl groups excluding tert-OH is 2. The Hall–Kier alpha value is -12.6. The summed E-state index contributed by atoms with van der Waals surface area (Å²) < 4.78 is 0. The summed E-state index contributed by atoms with van der Waals surface area (Å²) in [6.45, 7) is 1.05. The van der Waals surface area contributed by atoms with Gasteiger partial charge in [0.1, 0.15) is 78.3 Å². The van der Waals surface area contributed by atoms with Crippen LogP contribution < -0.4 is 97.0 Å². The molecule has 0 aliphatic carbocycles. The van der Waals surface area contributed by atoms with Gasteiger partial charge in [-0.15, -0.1) is 0 Å². The average molecular weight is 1850 g/mol. The second-order valence-corrected chi connectivity index (χ2v) is 34.6. The maximum atomic E-state index is 15.2. The molecule has 0 unspecified atom stereocenters. The number of aliphatic hydroxyl groups is 2. The number of aliphatic carboxylic acids is 1. The molecule has 45 heteroatoms. The lowest BCUT2D eigenvalue weighted by molar-refractivity contribution is -0.142. The minimum absolute atomic E-state index is 0.0102. The summed E-state index contributed by atoms with van der Waals surface area (Å²) in [5, 5.41) is 89.2. The maximum absolute atomic E-state index is 15.2. The zero-order valence-corrected chi connectivity index (χ0v) is 74.3. The van der Waals surface area contributed by atoms with E-state index in [0.717, 1.165) is 5.75 Å². The number of amides is 16. The number of carboxylic acids is 1. The highest BCUT2D eigenvalue weighted by Crippen LogP contribution is 2.33. The number of imidazole rings is 1. The van der Waals surface area contributed by atoms with Crippen LogP contribution in [0.5, 0.6) is 5.75 Å². The Morgan fingerprint density at radius 2 is 1.14 bits per heavy atom. The van der Waals surface area contributed by atoms with E-state index >= 15 is 14.4 Å². The van der Waals surface area contributed by atoms with E-state index in [-0.39, 0.29) is 124 Å². The van der Waals surface area contributed by atoms with Crippen molar-refractivity contribution >= 4 is 135 Å². The number of hydrogen-bond donors (Lipinski definition) is 25. The molecule has 0 bridgehead atoms. The Labute approximate surface area is 758 Å². The number of aromatic hydroxyl groups is 1. The first kappa shape index (κ1) is 103. The van der Waals surface area contributed by atoms with Crippen LogP contribution in [-0.2, 0) is 97.6 Å². The predicted molar refractivity (Wildman–Crippen MR) is 479 cm³/mol. The lowest BCUT2D eigenvalue weighted by atomic mass is 10.0. The molecule has 8 rings (SSSR count). The van der Waals surface area contributed by atoms with Crippen molar-refractivity contribution in [3.8, 4) is 5.75 Å². The zero-order chi connectivity index (χ0) is 94.5. The van der Waals surface area contributed by atoms with E-state index in [4.69, 9.17) is 22.6 Å². The van der Waals surface area contributed by atoms with E-state index in [1.807, 2.05) is 0 Å². The van der Waals surface area contributed by atoms with Gasteiger partial charge in [-0.3, -0.25) is 77.3 Å². The van der Waals surface area contributed by atoms with Gasteiger partial charge < -0.3 is 132 Å². The van der Waals surface area contributed by atoms with Gasteiger partial charge in [-0.05, 0) is 130 Å². The number of phenols is 1. The van der Waals surface area contributed by atoms with Gasteiger partial charge in [-0.25, -0.2) is 9.78 Å². The topological polar surface area (TPSA) is 684 Å². The summed E-state index contributed by atoms with van der Waals surface area (Å²) in [4.78, 5) is 235. The number of hydrogen-bond acceptors (Lipinski definition) is 24. The van der Waals surface area contributed by atoms with Gasteiger partial charge in [-0.1, -0.05) is 80.9 Å². The van der Waals surface area contributed by atoms with Crippen LogP contribution in [0, 0.1) is 11.3 Å². The molecule has 43 nitrogen and oxygen atoms in total. The van der Waals surface area contributed by atoms with E-state index < -0.39 is 206 Å². The molecule has 0 spiro atoms. The number of likely N-dealkylation sites (tertiary alicyclic amines) is 1. The molecular weight excluding hydrogens is 1730 g/mol. The fourth-order valence-electron chi connectivity index (χ4n) is 15.2. The van der Waals surface area contributed by atoms with Crippen molar-refractivity contribution in [3.63, 3.8) is 0 Å². The third-order valence-electron chi connectivity index (χ3n) is 22.3. The van der Waals surface area contributed by atoms with E-state index in [1.165, 1.54) is 53.5 Å². The molecule has 3 fully saturated rings. The van der Waals surface area contributed by atoms with Crippen LogP contribution in [0.25, 0.3) is 10.9 Å². The molecule has 3 saturated heterocycles. The first-order chi connectivity index (χ1) is 62.3. The third-order valence-corrected chi connectivity index (χ3v) is 24.4. The van der Waals surface area contributed by atoms with Crippen molar-refractivity contribution in [2.75, 3.05) is 57.2 Å². The zero-order valence-electron chi connectivity index (χ0n) is 72.6. The number of H-pyrrole nitrogens is 2. The van der Waals surface area contributed by atoms with Crippen molar-refractivity contribution in [1.29, 1.82) is 5.41 Å². The molecule has 3 aliphatic heterocycles. The first-order valence-electron chi connectivity index (χ1n) is 43.2. The van der Waals surface area contributed by atoms with Gasteiger partial charge in [0.25, 0.3) is 0 Å². The molecule has 15 atom stereocenters. The normalized spacial score (nSPS) is 17.6. The maximum Gasteiger partial charge on any atom is 0.315 e. The number of rotatable bonds is 55. The van der Waals surface area contributed by atoms with Crippen molar-refractivity contribution in [2.45, 2.75) is 219 Å². The number of nitrogens with zero attached hydrogens (tertiary/aromatic N) is 2. The van der Waals surface area contributed by atoms with Gasteiger partial charge in [0.15, 0.2) is 5.96 Å². The minimum Gasteiger partial charge on any atom is -0.508 e. The molecule has 5 aromatic rings. The van der Waals surface area contributed by atoms with E-state index in [0.29, 0.717) is 66.1 Å². The van der Waals surface area contributed by atoms with Crippen LogP contribution in [0.4, 0.5) is 4.79 Å². The van der Waals surface area contributed by atoms with Crippen molar-refractivity contribution in [1.82, 2.24) is 99.6 Å². The summed E-state index contributed by atoms with van der Waals surface area (Å²) in [5.41, 5.74) is 19.3. The Morgan fingerprint density at radius 3 is 1.73 bits per heavy atom. The number of para-hydroxylation sites is 1. The molecule has 3 aliphatic rings. The van der Waals surface area contributed by atoms with Crippen LogP contribution >= 0.6 is 23.5 Å². The largest absolute Gasteiger partial charge is 0.508 e. The fraction of sp³-hybridized carbons (Fsp3) is 0.529. The summed E-state index contributed by atoms with van der Waals surface area (Å²) in [6, 6.07) is 2.50. The number of aromatic amines is 2. The Balaban J connectivity index is 0.978. The van der Waals surface area contributed by atoms with Gasteiger partial charge >= 0.3 is 12.0 Å². The summed E-state index contributed by atoms with van der Waals surface area (Å²) in [7, 11) is 0. The Bertz CT molecular complexity index is 4710. The second-order valence-electron chi connectivity index (χ2n) is 32.4. The number of unbranched alkanes of at least 4 members (excludes halogenated alkanes) is 2. The van der Waals surface area contributed by atoms with Crippen LogP contribution in [0.2, 0.25) is 0 Å². The fourth-order valence-corrected chi connectivity index (χ4v) is 17.3.